The first-order valence-corrected chi connectivity index (χ1v) is 8.35. The summed E-state index contributed by atoms with van der Waals surface area (Å²) >= 11 is 8.32. The maximum atomic E-state index is 14.2. The number of hydrogen-bond donors (Lipinski definition) is 2. The average Bonchev–Trinajstić information content (AvgIpc) is 2.75. The Bertz CT molecular complexity index is 755. The second kappa shape index (κ2) is 7.70. The molecule has 2 rings (SSSR count). The highest BCUT2D eigenvalue weighted by Gasteiger charge is 2.13. The molecule has 0 radical (unpaired) electrons. The van der Waals surface area contributed by atoms with E-state index in [1.807, 2.05) is 37.5 Å². The lowest BCUT2D eigenvalue weighted by Gasteiger charge is -2.11. The Morgan fingerprint density at radius 1 is 1.39 bits per heavy atom. The van der Waals surface area contributed by atoms with Crippen LogP contribution in [0.3, 0.4) is 0 Å². The van der Waals surface area contributed by atoms with Gasteiger partial charge < -0.3 is 9.88 Å². The van der Waals surface area contributed by atoms with Gasteiger partial charge in [0.25, 0.3) is 0 Å². The zero-order valence-corrected chi connectivity index (χ0v) is 15.6. The molecule has 7 heteroatoms. The zero-order valence-electron chi connectivity index (χ0n) is 13.2. The highest BCUT2D eigenvalue weighted by atomic mass is 79.9. The van der Waals surface area contributed by atoms with Crippen molar-refractivity contribution in [1.29, 1.82) is 0 Å². The van der Waals surface area contributed by atoms with E-state index in [0.717, 1.165) is 23.5 Å². The maximum Gasteiger partial charge on any atom is 0.186 e. The van der Waals surface area contributed by atoms with Crippen molar-refractivity contribution in [3.05, 3.63) is 51.5 Å². The van der Waals surface area contributed by atoms with Gasteiger partial charge in [-0.05, 0) is 57.3 Å². The third-order valence-electron chi connectivity index (χ3n) is 3.33. The van der Waals surface area contributed by atoms with E-state index in [0.29, 0.717) is 15.3 Å². The number of hydrazone groups is 1. The van der Waals surface area contributed by atoms with Crippen LogP contribution in [0.15, 0.2) is 33.8 Å². The van der Waals surface area contributed by atoms with E-state index < -0.39 is 0 Å². The van der Waals surface area contributed by atoms with Crippen molar-refractivity contribution in [2.24, 2.45) is 5.10 Å². The fourth-order valence-corrected chi connectivity index (χ4v) is 2.84. The monoisotopic (exact) mass is 396 g/mol. The second-order valence-electron chi connectivity index (χ2n) is 4.99. The van der Waals surface area contributed by atoms with Gasteiger partial charge in [-0.1, -0.05) is 15.9 Å². The molecule has 0 aliphatic rings. The quantitative estimate of drug-likeness (QED) is 0.468. The molecule has 0 atom stereocenters. The SMILES string of the molecule is CCNC(=S)N/N=C\c1cc(C)n(-c2ccc(Br)cc2F)c1C. The van der Waals surface area contributed by atoms with Gasteiger partial charge in [0.1, 0.15) is 5.82 Å². The number of thiocarbonyl (C=S) groups is 1. The second-order valence-corrected chi connectivity index (χ2v) is 6.31. The lowest BCUT2D eigenvalue weighted by molar-refractivity contribution is 0.615. The van der Waals surface area contributed by atoms with Gasteiger partial charge in [0.05, 0.1) is 11.9 Å². The largest absolute Gasteiger partial charge is 0.362 e. The van der Waals surface area contributed by atoms with Gasteiger partial charge in [0, 0.05) is 28.0 Å². The van der Waals surface area contributed by atoms with E-state index in [1.54, 1.807) is 12.3 Å². The van der Waals surface area contributed by atoms with Gasteiger partial charge in [-0.2, -0.15) is 5.10 Å². The lowest BCUT2D eigenvalue weighted by Crippen LogP contribution is -2.31. The van der Waals surface area contributed by atoms with Crippen LogP contribution in [0.1, 0.15) is 23.9 Å². The van der Waals surface area contributed by atoms with E-state index >= 15 is 0 Å². The molecule has 1 aromatic carbocycles. The summed E-state index contributed by atoms with van der Waals surface area (Å²) in [6.45, 7) is 6.55. The van der Waals surface area contributed by atoms with Crippen LogP contribution in [0.25, 0.3) is 5.69 Å². The zero-order chi connectivity index (χ0) is 17.0. The first-order chi connectivity index (χ1) is 10.9. The molecular formula is C16H18BrFN4S. The molecule has 0 unspecified atom stereocenters. The molecule has 2 N–H and O–H groups in total. The predicted molar refractivity (Wildman–Crippen MR) is 99.9 cm³/mol. The van der Waals surface area contributed by atoms with Crippen LogP contribution in [-0.4, -0.2) is 22.4 Å². The minimum Gasteiger partial charge on any atom is -0.362 e. The Morgan fingerprint density at radius 3 is 2.78 bits per heavy atom. The fraction of sp³-hybridized carbons (Fsp3) is 0.250. The number of aryl methyl sites for hydroxylation is 1. The Balaban J connectivity index is 2.29. The molecule has 4 nitrogen and oxygen atoms in total. The van der Waals surface area contributed by atoms with Crippen LogP contribution in [0.4, 0.5) is 4.39 Å². The third-order valence-corrected chi connectivity index (χ3v) is 4.06. The van der Waals surface area contributed by atoms with E-state index in [-0.39, 0.29) is 5.82 Å². The van der Waals surface area contributed by atoms with Crippen molar-refractivity contribution in [1.82, 2.24) is 15.3 Å². The number of benzene rings is 1. The average molecular weight is 397 g/mol. The summed E-state index contributed by atoms with van der Waals surface area (Å²) in [7, 11) is 0. The minimum atomic E-state index is -0.281. The van der Waals surface area contributed by atoms with Crippen molar-refractivity contribution < 1.29 is 4.39 Å². The molecule has 0 amide bonds. The highest BCUT2D eigenvalue weighted by molar-refractivity contribution is 9.10. The molecule has 0 aliphatic heterocycles. The summed E-state index contributed by atoms with van der Waals surface area (Å²) in [6, 6.07) is 6.98. The molecule has 0 fully saturated rings. The van der Waals surface area contributed by atoms with Crippen molar-refractivity contribution >= 4 is 39.5 Å². The van der Waals surface area contributed by atoms with Crippen LogP contribution in [0.5, 0.6) is 0 Å². The molecule has 2 aromatic rings. The number of hydrogen-bond acceptors (Lipinski definition) is 2. The Kier molecular flexibility index (Phi) is 5.90. The molecule has 0 bridgehead atoms. The van der Waals surface area contributed by atoms with E-state index in [2.05, 4.69) is 31.8 Å². The first-order valence-electron chi connectivity index (χ1n) is 7.15. The summed E-state index contributed by atoms with van der Waals surface area (Å²) < 4.78 is 16.8. The first kappa shape index (κ1) is 17.6. The van der Waals surface area contributed by atoms with Crippen molar-refractivity contribution in [3.8, 4) is 5.69 Å². The summed E-state index contributed by atoms with van der Waals surface area (Å²) in [6.07, 6.45) is 1.68. The number of aromatic nitrogens is 1. The van der Waals surface area contributed by atoms with Crippen LogP contribution < -0.4 is 10.7 Å². The van der Waals surface area contributed by atoms with E-state index in [4.69, 9.17) is 12.2 Å². The van der Waals surface area contributed by atoms with Gasteiger partial charge in [-0.25, -0.2) is 4.39 Å². The van der Waals surface area contributed by atoms with Gasteiger partial charge >= 0.3 is 0 Å². The molecule has 0 spiro atoms. The third kappa shape index (κ3) is 4.17. The van der Waals surface area contributed by atoms with Gasteiger partial charge in [-0.15, -0.1) is 0 Å². The molecule has 122 valence electrons. The molecule has 0 saturated heterocycles. The fourth-order valence-electron chi connectivity index (χ4n) is 2.31. The van der Waals surface area contributed by atoms with E-state index in [9.17, 15) is 4.39 Å². The summed E-state index contributed by atoms with van der Waals surface area (Å²) in [5, 5.41) is 7.53. The maximum absolute atomic E-state index is 14.2. The summed E-state index contributed by atoms with van der Waals surface area (Å²) in [5.74, 6) is -0.281. The van der Waals surface area contributed by atoms with Gasteiger partial charge in [0.2, 0.25) is 0 Å². The number of halogens is 2. The van der Waals surface area contributed by atoms with Crippen LogP contribution >= 0.6 is 28.1 Å². The Morgan fingerprint density at radius 2 is 2.13 bits per heavy atom. The standard InChI is InChI=1S/C16H18BrFN4S/c1-4-19-16(23)21-20-9-12-7-10(2)22(11(12)3)15-6-5-13(17)8-14(15)18/h5-9H,4H2,1-3H3,(H2,19,21,23)/b20-9-. The van der Waals surface area contributed by atoms with Crippen molar-refractivity contribution in [3.63, 3.8) is 0 Å². The number of rotatable bonds is 4. The molecule has 23 heavy (non-hydrogen) atoms. The minimum absolute atomic E-state index is 0.281. The predicted octanol–water partition coefficient (Wildman–Crippen LogP) is 3.81. The summed E-state index contributed by atoms with van der Waals surface area (Å²) in [4.78, 5) is 0. The van der Waals surface area contributed by atoms with Gasteiger partial charge in [-0.3, -0.25) is 5.43 Å². The molecule has 0 saturated carbocycles. The van der Waals surface area contributed by atoms with E-state index in [1.165, 1.54) is 6.07 Å². The van der Waals surface area contributed by atoms with Gasteiger partial charge in [0.15, 0.2) is 5.11 Å². The summed E-state index contributed by atoms with van der Waals surface area (Å²) in [5.41, 5.74) is 6.00. The smallest absolute Gasteiger partial charge is 0.186 e. The topological polar surface area (TPSA) is 41.4 Å². The Labute approximate surface area is 148 Å². The normalized spacial score (nSPS) is 11.0. The lowest BCUT2D eigenvalue weighted by atomic mass is 10.2. The molecule has 1 heterocycles. The molecule has 0 aliphatic carbocycles. The number of nitrogens with zero attached hydrogens (tertiary/aromatic N) is 2. The number of nitrogens with one attached hydrogen (secondary N) is 2. The van der Waals surface area contributed by atoms with Crippen LogP contribution in [-0.2, 0) is 0 Å². The van der Waals surface area contributed by atoms with Crippen molar-refractivity contribution in [2.75, 3.05) is 6.54 Å². The Hall–Kier alpha value is -1.73. The van der Waals surface area contributed by atoms with Crippen LogP contribution in [0.2, 0.25) is 0 Å². The van der Waals surface area contributed by atoms with Crippen molar-refractivity contribution in [2.45, 2.75) is 20.8 Å². The molecule has 1 aromatic heterocycles. The highest BCUT2D eigenvalue weighted by Crippen LogP contribution is 2.24. The van der Waals surface area contributed by atoms with Crippen LogP contribution in [0, 0.1) is 19.7 Å². The molecular weight excluding hydrogens is 379 g/mol.